The molecule has 1 rings (SSSR count). The summed E-state index contributed by atoms with van der Waals surface area (Å²) in [5, 5.41) is 0. The molecule has 2 unspecified atom stereocenters. The second kappa shape index (κ2) is 13.4. The highest BCUT2D eigenvalue weighted by atomic mass is 14.7. The molecule has 1 heteroatoms. The van der Waals surface area contributed by atoms with Crippen molar-refractivity contribution in [2.24, 2.45) is 17.1 Å². The van der Waals surface area contributed by atoms with Crippen molar-refractivity contribution in [3.05, 3.63) is 35.9 Å². The second-order valence-corrected chi connectivity index (χ2v) is 8.87. The minimum atomic E-state index is 0.202. The molecule has 26 heavy (non-hydrogen) atoms. The number of unbranched alkanes of at least 4 members (excludes halogenated alkanes) is 7. The van der Waals surface area contributed by atoms with Gasteiger partial charge in [-0.2, -0.15) is 0 Å². The van der Waals surface area contributed by atoms with Gasteiger partial charge >= 0.3 is 0 Å². The fourth-order valence-corrected chi connectivity index (χ4v) is 4.08. The van der Waals surface area contributed by atoms with Crippen LogP contribution in [0, 0.1) is 11.3 Å². The molecule has 0 aliphatic heterocycles. The monoisotopic (exact) mass is 359 g/mol. The molecule has 0 saturated heterocycles. The number of hydrogen-bond acceptors (Lipinski definition) is 1. The zero-order valence-electron chi connectivity index (χ0n) is 18.1. The van der Waals surface area contributed by atoms with E-state index in [2.05, 4.69) is 58.0 Å². The van der Waals surface area contributed by atoms with E-state index < -0.39 is 0 Å². The molecule has 1 nitrogen and oxygen atoms in total. The van der Waals surface area contributed by atoms with Crippen molar-refractivity contribution in [2.75, 3.05) is 0 Å². The molecule has 1 aromatic rings. The number of rotatable bonds is 15. The van der Waals surface area contributed by atoms with E-state index in [0.29, 0.717) is 12.0 Å². The Balaban J connectivity index is 2.51. The van der Waals surface area contributed by atoms with Crippen molar-refractivity contribution in [3.63, 3.8) is 0 Å². The lowest BCUT2D eigenvalue weighted by Gasteiger charge is -2.40. The number of hydrogen-bond donors (Lipinski definition) is 1. The van der Waals surface area contributed by atoms with Crippen LogP contribution in [0.25, 0.3) is 0 Å². The van der Waals surface area contributed by atoms with Gasteiger partial charge < -0.3 is 5.73 Å². The lowest BCUT2D eigenvalue weighted by atomic mass is 9.68. The van der Waals surface area contributed by atoms with Gasteiger partial charge in [0.2, 0.25) is 0 Å². The van der Waals surface area contributed by atoms with Crippen molar-refractivity contribution in [1.29, 1.82) is 0 Å². The van der Waals surface area contributed by atoms with Gasteiger partial charge in [-0.15, -0.1) is 0 Å². The van der Waals surface area contributed by atoms with E-state index in [0.717, 1.165) is 0 Å². The Kier molecular flexibility index (Phi) is 11.9. The third kappa shape index (κ3) is 8.71. The van der Waals surface area contributed by atoms with Gasteiger partial charge in [-0.1, -0.05) is 116 Å². The van der Waals surface area contributed by atoms with E-state index in [1.165, 1.54) is 82.6 Å². The third-order valence-electron chi connectivity index (χ3n) is 6.36. The molecule has 0 aliphatic carbocycles. The van der Waals surface area contributed by atoms with Crippen LogP contribution in [0.5, 0.6) is 0 Å². The summed E-state index contributed by atoms with van der Waals surface area (Å²) < 4.78 is 0. The van der Waals surface area contributed by atoms with Gasteiger partial charge in [0, 0.05) is 6.04 Å². The summed E-state index contributed by atoms with van der Waals surface area (Å²) in [6.45, 7) is 9.42. The Labute approximate surface area is 164 Å². The van der Waals surface area contributed by atoms with Gasteiger partial charge in [-0.05, 0) is 36.2 Å². The van der Waals surface area contributed by atoms with Crippen LogP contribution in [0.2, 0.25) is 0 Å². The molecule has 0 bridgehead atoms. The Hall–Kier alpha value is -0.820. The van der Waals surface area contributed by atoms with E-state index in [1.807, 2.05) is 0 Å². The van der Waals surface area contributed by atoms with E-state index in [9.17, 15) is 0 Å². The highest BCUT2D eigenvalue weighted by Gasteiger charge is 2.34. The van der Waals surface area contributed by atoms with Crippen molar-refractivity contribution in [3.8, 4) is 0 Å². The predicted molar refractivity (Wildman–Crippen MR) is 118 cm³/mol. The zero-order valence-corrected chi connectivity index (χ0v) is 18.1. The fourth-order valence-electron chi connectivity index (χ4n) is 4.08. The predicted octanol–water partition coefficient (Wildman–Crippen LogP) is 7.53. The van der Waals surface area contributed by atoms with Crippen LogP contribution in [-0.2, 0) is 6.42 Å². The summed E-state index contributed by atoms with van der Waals surface area (Å²) in [5.41, 5.74) is 8.40. The molecular formula is C25H45N. The maximum Gasteiger partial charge on any atom is 0.00930 e. The first-order valence-corrected chi connectivity index (χ1v) is 11.3. The lowest BCUT2D eigenvalue weighted by Crippen LogP contribution is -2.43. The Bertz CT molecular complexity index is 437. The molecule has 0 aromatic heterocycles. The summed E-state index contributed by atoms with van der Waals surface area (Å²) in [4.78, 5) is 0. The first-order chi connectivity index (χ1) is 12.5. The van der Waals surface area contributed by atoms with Gasteiger partial charge in [0.1, 0.15) is 0 Å². The standard InChI is InChI=1S/C25H45N/c1-5-7-9-10-11-12-16-20-24(26)25(3,4)23(19-8-6-2)21-22-17-14-13-15-18-22/h13-15,17-18,23-24H,5-12,16,19-21,26H2,1-4H3. The van der Waals surface area contributed by atoms with Crippen LogP contribution in [0.3, 0.4) is 0 Å². The maximum atomic E-state index is 6.74. The zero-order chi connectivity index (χ0) is 19.3. The van der Waals surface area contributed by atoms with Crippen LogP contribution in [0.15, 0.2) is 30.3 Å². The summed E-state index contributed by atoms with van der Waals surface area (Å²) >= 11 is 0. The molecule has 0 radical (unpaired) electrons. The smallest absolute Gasteiger partial charge is 0.00930 e. The number of benzene rings is 1. The molecule has 2 atom stereocenters. The minimum Gasteiger partial charge on any atom is -0.327 e. The number of nitrogens with two attached hydrogens (primary N) is 1. The molecular weight excluding hydrogens is 314 g/mol. The largest absolute Gasteiger partial charge is 0.327 e. The molecule has 0 saturated carbocycles. The van der Waals surface area contributed by atoms with Crippen molar-refractivity contribution >= 4 is 0 Å². The summed E-state index contributed by atoms with van der Waals surface area (Å²) in [6.07, 6.45) is 15.8. The van der Waals surface area contributed by atoms with E-state index in [4.69, 9.17) is 5.73 Å². The Morgan fingerprint density at radius 1 is 0.769 bits per heavy atom. The molecule has 0 aliphatic rings. The Morgan fingerprint density at radius 2 is 1.35 bits per heavy atom. The fraction of sp³-hybridized carbons (Fsp3) is 0.760. The summed E-state index contributed by atoms with van der Waals surface area (Å²) in [5.74, 6) is 0.671. The minimum absolute atomic E-state index is 0.202. The van der Waals surface area contributed by atoms with Crippen molar-refractivity contribution in [1.82, 2.24) is 0 Å². The summed E-state index contributed by atoms with van der Waals surface area (Å²) in [6, 6.07) is 11.3. The highest BCUT2D eigenvalue weighted by molar-refractivity contribution is 5.16. The first kappa shape index (κ1) is 23.2. The van der Waals surface area contributed by atoms with Crippen LogP contribution < -0.4 is 5.73 Å². The molecule has 150 valence electrons. The third-order valence-corrected chi connectivity index (χ3v) is 6.36. The van der Waals surface area contributed by atoms with E-state index in [-0.39, 0.29) is 5.41 Å². The Morgan fingerprint density at radius 3 is 1.96 bits per heavy atom. The van der Waals surface area contributed by atoms with Gasteiger partial charge in [0.05, 0.1) is 0 Å². The van der Waals surface area contributed by atoms with E-state index in [1.54, 1.807) is 0 Å². The molecule has 2 N–H and O–H groups in total. The summed E-state index contributed by atoms with van der Waals surface area (Å²) in [7, 11) is 0. The first-order valence-electron chi connectivity index (χ1n) is 11.3. The molecule has 0 amide bonds. The molecule has 0 heterocycles. The van der Waals surface area contributed by atoms with Crippen LogP contribution in [0.4, 0.5) is 0 Å². The average Bonchev–Trinajstić information content (AvgIpc) is 2.64. The van der Waals surface area contributed by atoms with Crippen LogP contribution in [-0.4, -0.2) is 6.04 Å². The second-order valence-electron chi connectivity index (χ2n) is 8.87. The van der Waals surface area contributed by atoms with E-state index >= 15 is 0 Å². The maximum absolute atomic E-state index is 6.74. The van der Waals surface area contributed by atoms with Crippen LogP contribution >= 0.6 is 0 Å². The molecule has 0 fully saturated rings. The molecule has 1 aromatic carbocycles. The highest BCUT2D eigenvalue weighted by Crippen LogP contribution is 2.37. The lowest BCUT2D eigenvalue weighted by molar-refractivity contribution is 0.143. The van der Waals surface area contributed by atoms with Crippen molar-refractivity contribution < 1.29 is 0 Å². The quantitative estimate of drug-likeness (QED) is 0.322. The molecule has 0 spiro atoms. The van der Waals surface area contributed by atoms with Gasteiger partial charge in [0.15, 0.2) is 0 Å². The van der Waals surface area contributed by atoms with Crippen LogP contribution in [0.1, 0.15) is 104 Å². The SMILES string of the molecule is CCCCCCCCCC(N)C(C)(C)C(CCCC)Cc1ccccc1. The van der Waals surface area contributed by atoms with Gasteiger partial charge in [-0.25, -0.2) is 0 Å². The van der Waals surface area contributed by atoms with Crippen molar-refractivity contribution in [2.45, 2.75) is 111 Å². The van der Waals surface area contributed by atoms with Gasteiger partial charge in [-0.3, -0.25) is 0 Å². The topological polar surface area (TPSA) is 26.0 Å². The normalized spacial score (nSPS) is 14.3. The van der Waals surface area contributed by atoms with Gasteiger partial charge in [0.25, 0.3) is 0 Å². The average molecular weight is 360 g/mol.